The summed E-state index contributed by atoms with van der Waals surface area (Å²) in [5, 5.41) is 11.3. The molecule has 2 aromatic heterocycles. The maximum atomic E-state index is 14.2. The van der Waals surface area contributed by atoms with Crippen LogP contribution in [0.5, 0.6) is 5.88 Å². The number of likely N-dealkylation sites (tertiary alicyclic amines) is 1. The van der Waals surface area contributed by atoms with Gasteiger partial charge < -0.3 is 25.3 Å². The highest BCUT2D eigenvalue weighted by Crippen LogP contribution is 2.50. The number of aryl methyl sites for hydroxylation is 1. The summed E-state index contributed by atoms with van der Waals surface area (Å²) in [6, 6.07) is 1.32. The van der Waals surface area contributed by atoms with Crippen molar-refractivity contribution in [3.8, 4) is 5.88 Å². The lowest BCUT2D eigenvalue weighted by Crippen LogP contribution is -2.52. The predicted molar refractivity (Wildman–Crippen MR) is 132 cm³/mol. The molecule has 1 spiro atoms. The first-order chi connectivity index (χ1) is 17.1. The van der Waals surface area contributed by atoms with Crippen LogP contribution in [0.1, 0.15) is 48.5 Å². The fraction of sp³-hybridized carbons (Fsp3) is 0.480. The van der Waals surface area contributed by atoms with Crippen LogP contribution in [0.2, 0.25) is 0 Å². The zero-order chi connectivity index (χ0) is 26.2. The molecule has 4 rings (SSSR count). The number of hydrogen-bond donors (Lipinski definition) is 3. The zero-order valence-electron chi connectivity index (χ0n) is 21.0. The Hall–Kier alpha value is -3.76. The van der Waals surface area contributed by atoms with Gasteiger partial charge in [0.2, 0.25) is 11.8 Å². The second kappa shape index (κ2) is 9.71. The molecule has 1 atom stereocenters. The van der Waals surface area contributed by atoms with Crippen molar-refractivity contribution in [1.29, 1.82) is 5.41 Å². The molecular weight excluding hydrogens is 465 g/mol. The number of carbonyl (C=O) groups excluding carboxylic acids is 2. The van der Waals surface area contributed by atoms with Crippen molar-refractivity contribution in [2.75, 3.05) is 13.7 Å². The summed E-state index contributed by atoms with van der Waals surface area (Å²) >= 11 is 0. The van der Waals surface area contributed by atoms with Crippen molar-refractivity contribution in [3.05, 3.63) is 46.9 Å². The van der Waals surface area contributed by atoms with Crippen LogP contribution in [0.15, 0.2) is 18.3 Å². The molecule has 1 aliphatic carbocycles. The normalized spacial score (nSPS) is 18.8. The number of aromatic nitrogens is 3. The van der Waals surface area contributed by atoms with Gasteiger partial charge in [0.1, 0.15) is 11.5 Å². The number of carbonyl (C=O) groups is 2. The third kappa shape index (κ3) is 4.82. The predicted octanol–water partition coefficient (Wildman–Crippen LogP) is 1.99. The number of nitrogens with zero attached hydrogens (tertiary/aromatic N) is 4. The summed E-state index contributed by atoms with van der Waals surface area (Å²) in [5.74, 6) is -0.444. The third-order valence-electron chi connectivity index (χ3n) is 7.36. The topological polar surface area (TPSA) is 139 Å². The van der Waals surface area contributed by atoms with Gasteiger partial charge in [-0.1, -0.05) is 0 Å². The number of pyridine rings is 1. The van der Waals surface area contributed by atoms with Crippen LogP contribution in [-0.4, -0.2) is 56.2 Å². The minimum Gasteiger partial charge on any atom is -0.481 e. The molecular formula is C25H32FN7O3. The van der Waals surface area contributed by atoms with Gasteiger partial charge in [-0.3, -0.25) is 15.0 Å². The molecule has 1 saturated carbocycles. The molecule has 0 radical (unpaired) electrons. The maximum absolute atomic E-state index is 14.2. The fourth-order valence-electron chi connectivity index (χ4n) is 4.80. The van der Waals surface area contributed by atoms with Crippen LogP contribution in [-0.2, 0) is 23.2 Å². The Balaban J connectivity index is 1.39. The lowest BCUT2D eigenvalue weighted by molar-refractivity contribution is -0.135. The molecule has 2 fully saturated rings. The first-order valence-electron chi connectivity index (χ1n) is 11.9. The summed E-state index contributed by atoms with van der Waals surface area (Å²) in [7, 11) is 3.32. The van der Waals surface area contributed by atoms with Crippen molar-refractivity contribution in [1.82, 2.24) is 24.8 Å². The van der Waals surface area contributed by atoms with Crippen molar-refractivity contribution in [3.63, 3.8) is 0 Å². The number of nitrogens with two attached hydrogens (primary N) is 1. The number of imidazole rings is 1. The smallest absolute Gasteiger partial charge is 0.272 e. The second-order valence-electron chi connectivity index (χ2n) is 9.57. The van der Waals surface area contributed by atoms with Crippen LogP contribution in [0.3, 0.4) is 0 Å². The van der Waals surface area contributed by atoms with Gasteiger partial charge in [0.05, 0.1) is 25.5 Å². The number of ether oxygens (including phenoxy) is 1. The summed E-state index contributed by atoms with van der Waals surface area (Å²) < 4.78 is 21.2. The van der Waals surface area contributed by atoms with Crippen LogP contribution < -0.4 is 15.8 Å². The minimum absolute atomic E-state index is 0.00835. The van der Waals surface area contributed by atoms with E-state index in [0.29, 0.717) is 25.9 Å². The minimum atomic E-state index is -0.675. The molecule has 36 heavy (non-hydrogen) atoms. The van der Waals surface area contributed by atoms with Gasteiger partial charge in [-0.25, -0.2) is 14.4 Å². The molecule has 0 bridgehead atoms. The van der Waals surface area contributed by atoms with Gasteiger partial charge in [0.25, 0.3) is 5.91 Å². The number of hydrogen-bond acceptors (Lipinski definition) is 7. The molecule has 2 amide bonds. The first kappa shape index (κ1) is 25.3. The van der Waals surface area contributed by atoms with E-state index in [1.807, 2.05) is 25.5 Å². The van der Waals surface area contributed by atoms with Crippen LogP contribution in [0.25, 0.3) is 5.70 Å². The zero-order valence-corrected chi connectivity index (χ0v) is 21.0. The molecule has 4 N–H and O–H groups in total. The SMILES string of the molecule is COc1cc(/C(N)=C/C(=N)C(=O)N2CC[C@H](C(=O)NCc3nc(C)c(C)n3C)CC23CC3)c(F)cn1. The van der Waals surface area contributed by atoms with Crippen LogP contribution >= 0.6 is 0 Å². The average Bonchev–Trinajstić information content (AvgIpc) is 3.58. The van der Waals surface area contributed by atoms with E-state index in [2.05, 4.69) is 15.3 Å². The van der Waals surface area contributed by atoms with E-state index in [9.17, 15) is 14.0 Å². The van der Waals surface area contributed by atoms with Gasteiger partial charge in [-0.2, -0.15) is 0 Å². The molecule has 1 aliphatic heterocycles. The molecule has 0 aromatic carbocycles. The van der Waals surface area contributed by atoms with Crippen molar-refractivity contribution in [2.45, 2.75) is 51.6 Å². The van der Waals surface area contributed by atoms with Gasteiger partial charge in [0, 0.05) is 48.1 Å². The second-order valence-corrected chi connectivity index (χ2v) is 9.57. The van der Waals surface area contributed by atoms with E-state index in [1.165, 1.54) is 13.2 Å². The van der Waals surface area contributed by atoms with Crippen LogP contribution in [0.4, 0.5) is 4.39 Å². The fourth-order valence-corrected chi connectivity index (χ4v) is 4.80. The highest BCUT2D eigenvalue weighted by molar-refractivity contribution is 6.43. The lowest BCUT2D eigenvalue weighted by atomic mass is 9.87. The highest BCUT2D eigenvalue weighted by atomic mass is 19.1. The Kier molecular flexibility index (Phi) is 6.83. The number of methoxy groups -OCH3 is 1. The number of halogens is 1. The summed E-state index contributed by atoms with van der Waals surface area (Å²) in [4.78, 5) is 36.0. The monoisotopic (exact) mass is 497 g/mol. The molecule has 0 unspecified atom stereocenters. The number of amides is 2. The number of nitrogens with one attached hydrogen (secondary N) is 2. The molecule has 10 nitrogen and oxygen atoms in total. The molecule has 1 saturated heterocycles. The van der Waals surface area contributed by atoms with Gasteiger partial charge in [-0.05, 0) is 45.6 Å². The van der Waals surface area contributed by atoms with E-state index in [1.54, 1.807) is 4.90 Å². The number of rotatable bonds is 7. The van der Waals surface area contributed by atoms with Gasteiger partial charge >= 0.3 is 0 Å². The van der Waals surface area contributed by atoms with E-state index in [-0.39, 0.29) is 34.7 Å². The summed E-state index contributed by atoms with van der Waals surface area (Å²) in [5.41, 5.74) is 7.19. The highest BCUT2D eigenvalue weighted by Gasteiger charge is 2.54. The van der Waals surface area contributed by atoms with Gasteiger partial charge in [0.15, 0.2) is 5.82 Å². The van der Waals surface area contributed by atoms with Crippen molar-refractivity contribution < 1.29 is 18.7 Å². The Bertz CT molecular complexity index is 1250. The van der Waals surface area contributed by atoms with E-state index in [4.69, 9.17) is 15.9 Å². The van der Waals surface area contributed by atoms with Gasteiger partial charge in [-0.15, -0.1) is 0 Å². The third-order valence-corrected chi connectivity index (χ3v) is 7.36. The quantitative estimate of drug-likeness (QED) is 0.500. The Morgan fingerprint density at radius 1 is 1.39 bits per heavy atom. The molecule has 192 valence electrons. The molecule has 2 aliphatic rings. The summed E-state index contributed by atoms with van der Waals surface area (Å²) in [6.45, 7) is 4.64. The standard InChI is InChI=1S/C25H32FN7O3/c1-14-15(2)32(3)21(31-14)13-30-23(34)16-5-8-33(25(11-16)6-7-25)24(35)20(28)10-19(27)17-9-22(36-4)29-12-18(17)26/h9-10,12,16,28H,5-8,11,13,27H2,1-4H3,(H,30,34)/b19-10-,28-20?/t16-/m0/s1. The first-order valence-corrected chi connectivity index (χ1v) is 11.9. The summed E-state index contributed by atoms with van der Waals surface area (Å²) in [6.07, 6.45) is 4.75. The van der Waals surface area contributed by atoms with Crippen molar-refractivity contribution in [2.24, 2.45) is 18.7 Å². The maximum Gasteiger partial charge on any atom is 0.272 e. The van der Waals surface area contributed by atoms with E-state index in [0.717, 1.165) is 42.3 Å². The molecule has 2 aromatic rings. The Morgan fingerprint density at radius 3 is 2.72 bits per heavy atom. The van der Waals surface area contributed by atoms with E-state index < -0.39 is 17.3 Å². The van der Waals surface area contributed by atoms with Crippen LogP contribution in [0, 0.1) is 31.0 Å². The molecule has 3 heterocycles. The lowest BCUT2D eigenvalue weighted by Gasteiger charge is -2.39. The molecule has 11 heteroatoms. The number of piperidine rings is 1. The van der Waals surface area contributed by atoms with Crippen molar-refractivity contribution >= 4 is 23.2 Å². The van der Waals surface area contributed by atoms with E-state index >= 15 is 0 Å². The largest absolute Gasteiger partial charge is 0.481 e. The Labute approximate surface area is 209 Å². The average molecular weight is 498 g/mol. The Morgan fingerprint density at radius 2 is 2.11 bits per heavy atom.